The molecule has 23 heavy (non-hydrogen) atoms. The van der Waals surface area contributed by atoms with Gasteiger partial charge in [0.15, 0.2) is 0 Å². The summed E-state index contributed by atoms with van der Waals surface area (Å²) >= 11 is 0. The van der Waals surface area contributed by atoms with Gasteiger partial charge in [-0.2, -0.15) is 0 Å². The minimum atomic E-state index is -0.451. The molecule has 0 fully saturated rings. The zero-order valence-corrected chi connectivity index (χ0v) is 12.9. The number of ether oxygens (including phenoxy) is 1. The maximum Gasteiger partial charge on any atom is 0.407 e. The fourth-order valence-electron chi connectivity index (χ4n) is 2.29. The van der Waals surface area contributed by atoms with Crippen LogP contribution in [0.5, 0.6) is 0 Å². The largest absolute Gasteiger partial charge is 0.445 e. The highest BCUT2D eigenvalue weighted by Crippen LogP contribution is 2.07. The van der Waals surface area contributed by atoms with Crippen LogP contribution in [0.4, 0.5) is 4.79 Å². The molecule has 0 unspecified atom stereocenters. The van der Waals surface area contributed by atoms with Gasteiger partial charge in [-0.05, 0) is 24.0 Å². The first-order valence-corrected chi connectivity index (χ1v) is 7.66. The Morgan fingerprint density at radius 2 is 1.61 bits per heavy atom. The van der Waals surface area contributed by atoms with Gasteiger partial charge in [0.1, 0.15) is 6.61 Å². The molecular formula is C18H22N2O3. The molecule has 0 aliphatic rings. The molecule has 0 bridgehead atoms. The SMILES string of the molecule is O=C(N[C@H](CCNO)Cc1ccccc1)OCc1ccccc1. The van der Waals surface area contributed by atoms with E-state index in [9.17, 15) is 4.79 Å². The Balaban J connectivity index is 1.84. The first-order chi connectivity index (χ1) is 11.3. The van der Waals surface area contributed by atoms with Gasteiger partial charge in [-0.25, -0.2) is 10.3 Å². The number of carbonyl (C=O) groups is 1. The van der Waals surface area contributed by atoms with Gasteiger partial charge in [0.25, 0.3) is 0 Å². The molecule has 1 amide bonds. The van der Waals surface area contributed by atoms with Crippen molar-refractivity contribution < 1.29 is 14.7 Å². The number of hydrogen-bond acceptors (Lipinski definition) is 4. The Bertz CT molecular complexity index is 575. The van der Waals surface area contributed by atoms with E-state index in [4.69, 9.17) is 9.94 Å². The van der Waals surface area contributed by atoms with Crippen molar-refractivity contribution >= 4 is 6.09 Å². The number of alkyl carbamates (subject to hydrolysis) is 1. The van der Waals surface area contributed by atoms with Crippen LogP contribution < -0.4 is 10.8 Å². The number of amides is 1. The van der Waals surface area contributed by atoms with Crippen molar-refractivity contribution in [1.29, 1.82) is 0 Å². The fraction of sp³-hybridized carbons (Fsp3) is 0.278. The van der Waals surface area contributed by atoms with Gasteiger partial charge in [0.2, 0.25) is 0 Å². The highest BCUT2D eigenvalue weighted by atomic mass is 16.5. The quantitative estimate of drug-likeness (QED) is 0.655. The molecule has 0 saturated heterocycles. The van der Waals surface area contributed by atoms with Crippen molar-refractivity contribution in [1.82, 2.24) is 10.8 Å². The van der Waals surface area contributed by atoms with Crippen LogP contribution in [0.3, 0.4) is 0 Å². The molecule has 2 rings (SSSR count). The zero-order valence-electron chi connectivity index (χ0n) is 12.9. The number of benzene rings is 2. The van der Waals surface area contributed by atoms with Gasteiger partial charge < -0.3 is 15.3 Å². The number of hydrogen-bond donors (Lipinski definition) is 3. The van der Waals surface area contributed by atoms with Crippen molar-refractivity contribution in [3.05, 3.63) is 71.8 Å². The van der Waals surface area contributed by atoms with Gasteiger partial charge in [0, 0.05) is 12.6 Å². The third kappa shape index (κ3) is 6.50. The maximum absolute atomic E-state index is 12.0. The van der Waals surface area contributed by atoms with Crippen LogP contribution in [-0.2, 0) is 17.8 Å². The second-order valence-electron chi connectivity index (χ2n) is 5.29. The second kappa shape index (κ2) is 9.61. The summed E-state index contributed by atoms with van der Waals surface area (Å²) in [5.74, 6) is 0. The number of nitrogens with one attached hydrogen (secondary N) is 2. The van der Waals surface area contributed by atoms with Crippen LogP contribution in [0, 0.1) is 0 Å². The fourth-order valence-corrected chi connectivity index (χ4v) is 2.29. The van der Waals surface area contributed by atoms with Gasteiger partial charge in [-0.15, -0.1) is 0 Å². The molecule has 0 spiro atoms. The zero-order chi connectivity index (χ0) is 16.3. The number of rotatable bonds is 8. The summed E-state index contributed by atoms with van der Waals surface area (Å²) in [5.41, 5.74) is 4.19. The lowest BCUT2D eigenvalue weighted by Crippen LogP contribution is -2.38. The van der Waals surface area contributed by atoms with Crippen molar-refractivity contribution in [2.75, 3.05) is 6.54 Å². The molecule has 5 nitrogen and oxygen atoms in total. The predicted molar refractivity (Wildman–Crippen MR) is 88.1 cm³/mol. The predicted octanol–water partition coefficient (Wildman–Crippen LogP) is 2.89. The minimum absolute atomic E-state index is 0.111. The van der Waals surface area contributed by atoms with Crippen LogP contribution >= 0.6 is 0 Å². The van der Waals surface area contributed by atoms with Crippen molar-refractivity contribution in [2.45, 2.75) is 25.5 Å². The van der Waals surface area contributed by atoms with E-state index in [-0.39, 0.29) is 12.6 Å². The Labute approximate surface area is 136 Å². The Kier molecular flexibility index (Phi) is 7.10. The van der Waals surface area contributed by atoms with Crippen LogP contribution in [0.15, 0.2) is 60.7 Å². The standard InChI is InChI=1S/C18H22N2O3/c21-18(23-14-16-9-5-2-6-10-16)20-17(11-12-19-22)13-15-7-3-1-4-8-15/h1-10,17,19,22H,11-14H2,(H,20,21)/t17-/m1/s1. The van der Waals surface area contributed by atoms with E-state index in [0.717, 1.165) is 11.1 Å². The molecule has 0 heterocycles. The summed E-state index contributed by atoms with van der Waals surface area (Å²) in [5, 5.41) is 11.6. The molecule has 0 aliphatic heterocycles. The van der Waals surface area contributed by atoms with Crippen molar-refractivity contribution in [3.8, 4) is 0 Å². The minimum Gasteiger partial charge on any atom is -0.445 e. The molecule has 2 aromatic carbocycles. The topological polar surface area (TPSA) is 70.6 Å². The second-order valence-corrected chi connectivity index (χ2v) is 5.29. The Morgan fingerprint density at radius 3 is 2.22 bits per heavy atom. The first-order valence-electron chi connectivity index (χ1n) is 7.66. The summed E-state index contributed by atoms with van der Waals surface area (Å²) in [6, 6.07) is 19.3. The first kappa shape index (κ1) is 17.0. The Morgan fingerprint density at radius 1 is 1.00 bits per heavy atom. The summed E-state index contributed by atoms with van der Waals surface area (Å²) in [4.78, 5) is 12.0. The lowest BCUT2D eigenvalue weighted by Gasteiger charge is -2.18. The van der Waals surface area contributed by atoms with Crippen molar-refractivity contribution in [3.63, 3.8) is 0 Å². The monoisotopic (exact) mass is 314 g/mol. The molecule has 0 saturated carbocycles. The lowest BCUT2D eigenvalue weighted by molar-refractivity contribution is 0.131. The molecule has 122 valence electrons. The molecule has 5 heteroatoms. The summed E-state index contributed by atoms with van der Waals surface area (Å²) in [6.07, 6.45) is 0.835. The van der Waals surface area contributed by atoms with E-state index in [0.29, 0.717) is 19.4 Å². The Hall–Kier alpha value is -2.37. The van der Waals surface area contributed by atoms with Crippen LogP contribution in [0.1, 0.15) is 17.5 Å². The van der Waals surface area contributed by atoms with Gasteiger partial charge in [0.05, 0.1) is 0 Å². The smallest absolute Gasteiger partial charge is 0.407 e. The molecule has 1 atom stereocenters. The van der Waals surface area contributed by atoms with E-state index < -0.39 is 6.09 Å². The van der Waals surface area contributed by atoms with Gasteiger partial charge >= 0.3 is 6.09 Å². The van der Waals surface area contributed by atoms with E-state index in [1.54, 1.807) is 0 Å². The summed E-state index contributed by atoms with van der Waals surface area (Å²) in [6.45, 7) is 0.638. The summed E-state index contributed by atoms with van der Waals surface area (Å²) < 4.78 is 5.24. The maximum atomic E-state index is 12.0. The van der Waals surface area contributed by atoms with E-state index in [2.05, 4.69) is 10.8 Å². The average Bonchev–Trinajstić information content (AvgIpc) is 2.60. The van der Waals surface area contributed by atoms with Crippen molar-refractivity contribution in [2.24, 2.45) is 0 Å². The molecule has 0 aliphatic carbocycles. The van der Waals surface area contributed by atoms with E-state index in [1.165, 1.54) is 0 Å². The average molecular weight is 314 g/mol. The normalized spacial score (nSPS) is 11.7. The third-order valence-electron chi connectivity index (χ3n) is 3.46. The number of hydroxylamine groups is 1. The summed E-state index contributed by atoms with van der Waals surface area (Å²) in [7, 11) is 0. The van der Waals surface area contributed by atoms with Crippen LogP contribution in [-0.4, -0.2) is 23.9 Å². The highest BCUT2D eigenvalue weighted by Gasteiger charge is 2.14. The van der Waals surface area contributed by atoms with E-state index in [1.807, 2.05) is 60.7 Å². The molecule has 2 aromatic rings. The van der Waals surface area contributed by atoms with E-state index >= 15 is 0 Å². The molecule has 3 N–H and O–H groups in total. The lowest BCUT2D eigenvalue weighted by atomic mass is 10.0. The molecular weight excluding hydrogens is 292 g/mol. The van der Waals surface area contributed by atoms with Gasteiger partial charge in [-0.1, -0.05) is 60.7 Å². The van der Waals surface area contributed by atoms with Crippen LogP contribution in [0.2, 0.25) is 0 Å². The third-order valence-corrected chi connectivity index (χ3v) is 3.46. The highest BCUT2D eigenvalue weighted by molar-refractivity contribution is 5.67. The number of carbonyl (C=O) groups excluding carboxylic acids is 1. The molecule has 0 aromatic heterocycles. The van der Waals surface area contributed by atoms with Gasteiger partial charge in [-0.3, -0.25) is 0 Å². The molecule has 0 radical (unpaired) electrons. The van der Waals surface area contributed by atoms with Crippen LogP contribution in [0.25, 0.3) is 0 Å².